The van der Waals surface area contributed by atoms with Crippen molar-refractivity contribution in [3.8, 4) is 0 Å². The van der Waals surface area contributed by atoms with E-state index in [2.05, 4.69) is 4.43 Å². The van der Waals surface area contributed by atoms with Crippen LogP contribution in [0.1, 0.15) is 20.3 Å². The Hall–Kier alpha value is -0.353. The molecule has 3 nitrogen and oxygen atoms in total. The van der Waals surface area contributed by atoms with Crippen LogP contribution in [0.5, 0.6) is 0 Å². The van der Waals surface area contributed by atoms with E-state index in [0.29, 0.717) is 6.61 Å². The smallest absolute Gasteiger partial charge is 0.369 e. The van der Waals surface area contributed by atoms with Crippen LogP contribution in [0.3, 0.4) is 0 Å². The maximum atomic E-state index is 10.1. The summed E-state index contributed by atoms with van der Waals surface area (Å²) in [6.07, 6.45) is 0.980. The van der Waals surface area contributed by atoms with Crippen molar-refractivity contribution in [2.75, 3.05) is 6.61 Å². The lowest BCUT2D eigenvalue weighted by Gasteiger charge is -1.99. The first-order chi connectivity index (χ1) is 4.27. The Balaban J connectivity index is 2.83. The molecule has 9 heavy (non-hydrogen) atoms. The van der Waals surface area contributed by atoms with Gasteiger partial charge in [-0.3, -0.25) is 4.79 Å². The Kier molecular flexibility index (Phi) is 5.55. The highest BCUT2D eigenvalue weighted by molar-refractivity contribution is 6.22. The summed E-state index contributed by atoms with van der Waals surface area (Å²) >= 11 is 0. The molecule has 0 saturated heterocycles. The summed E-state index contributed by atoms with van der Waals surface area (Å²) in [5, 5.41) is 0. The topological polar surface area (TPSA) is 35.5 Å². The predicted octanol–water partition coefficient (Wildman–Crippen LogP) is -0.0251. The first kappa shape index (κ1) is 8.65. The molecule has 0 fully saturated rings. The Bertz CT molecular complexity index is 84.3. The third-order valence-corrected chi connectivity index (χ3v) is 1.67. The third-order valence-electron chi connectivity index (χ3n) is 0.694. The molecule has 54 valence electrons. The molecule has 0 aromatic heterocycles. The van der Waals surface area contributed by atoms with Crippen molar-refractivity contribution in [2.45, 2.75) is 20.3 Å². The third kappa shape index (κ3) is 7.65. The van der Waals surface area contributed by atoms with Gasteiger partial charge in [0.2, 0.25) is 0 Å². The first-order valence-electron chi connectivity index (χ1n) is 2.98. The van der Waals surface area contributed by atoms with E-state index in [1.807, 2.05) is 6.92 Å². The van der Waals surface area contributed by atoms with Crippen LogP contribution in [0.25, 0.3) is 0 Å². The molecule has 0 spiro atoms. The van der Waals surface area contributed by atoms with Gasteiger partial charge in [-0.25, -0.2) is 0 Å². The quantitative estimate of drug-likeness (QED) is 0.415. The largest absolute Gasteiger partial charge is 0.499 e. The minimum Gasteiger partial charge on any atom is -0.499 e. The van der Waals surface area contributed by atoms with E-state index in [4.69, 9.17) is 4.43 Å². The molecule has 4 heteroatoms. The van der Waals surface area contributed by atoms with Gasteiger partial charge in [0.1, 0.15) is 0 Å². The predicted molar refractivity (Wildman–Crippen MR) is 36.6 cm³/mol. The van der Waals surface area contributed by atoms with Crippen LogP contribution in [-0.4, -0.2) is 22.6 Å². The second-order valence-corrected chi connectivity index (χ2v) is 2.59. The van der Waals surface area contributed by atoms with Gasteiger partial charge < -0.3 is 8.85 Å². The molecule has 0 atom stereocenters. The molecule has 0 saturated carbocycles. The number of hydrogen-bond acceptors (Lipinski definition) is 3. The number of hydrogen-bond donors (Lipinski definition) is 0. The fraction of sp³-hybridized carbons (Fsp3) is 0.800. The van der Waals surface area contributed by atoms with Crippen molar-refractivity contribution >= 4 is 16.0 Å². The summed E-state index contributed by atoms with van der Waals surface area (Å²) < 4.78 is 9.61. The Morgan fingerprint density at radius 3 is 2.78 bits per heavy atom. The average Bonchev–Trinajstić information content (AvgIpc) is 1.80. The molecule has 0 rings (SSSR count). The van der Waals surface area contributed by atoms with E-state index >= 15 is 0 Å². The number of carbonyl (C=O) groups excluding carboxylic acids is 1. The fourth-order valence-electron chi connectivity index (χ4n) is 0.328. The molecule has 0 bridgehead atoms. The maximum absolute atomic E-state index is 10.1. The molecule has 0 N–H and O–H groups in total. The molecule has 0 heterocycles. The normalized spacial score (nSPS) is 10.4. The van der Waals surface area contributed by atoms with Crippen LogP contribution in [0.4, 0.5) is 0 Å². The van der Waals surface area contributed by atoms with Crippen molar-refractivity contribution in [1.82, 2.24) is 0 Å². The second-order valence-electron chi connectivity index (χ2n) is 1.66. The van der Waals surface area contributed by atoms with Crippen LogP contribution >= 0.6 is 0 Å². The minimum absolute atomic E-state index is 0.238. The zero-order valence-electron chi connectivity index (χ0n) is 5.85. The van der Waals surface area contributed by atoms with Crippen LogP contribution < -0.4 is 0 Å². The summed E-state index contributed by atoms with van der Waals surface area (Å²) in [4.78, 5) is 10.1. The van der Waals surface area contributed by atoms with E-state index in [9.17, 15) is 4.79 Å². The lowest BCUT2D eigenvalue weighted by Crippen LogP contribution is -2.08. The van der Waals surface area contributed by atoms with Gasteiger partial charge in [-0.15, -0.1) is 0 Å². The van der Waals surface area contributed by atoms with Crippen LogP contribution in [0, 0.1) is 0 Å². The monoisotopic (exact) mass is 148 g/mol. The van der Waals surface area contributed by atoms with Gasteiger partial charge in [-0.05, 0) is 6.42 Å². The van der Waals surface area contributed by atoms with Gasteiger partial charge in [-0.2, -0.15) is 0 Å². The summed E-state index contributed by atoms with van der Waals surface area (Å²) in [5.41, 5.74) is 0. The lowest BCUT2D eigenvalue weighted by molar-refractivity contribution is -0.132. The lowest BCUT2D eigenvalue weighted by atomic mass is 10.5. The first-order valence-corrected chi connectivity index (χ1v) is 4.14. The van der Waals surface area contributed by atoms with Crippen LogP contribution in [0.2, 0.25) is 0 Å². The average molecular weight is 148 g/mol. The molecule has 0 aromatic carbocycles. The molecule has 0 amide bonds. The van der Waals surface area contributed by atoms with E-state index in [1.165, 1.54) is 6.92 Å². The molecule has 0 aliphatic rings. The van der Waals surface area contributed by atoms with E-state index in [0.717, 1.165) is 6.42 Å². The zero-order valence-corrected chi connectivity index (χ0v) is 7.26. The van der Waals surface area contributed by atoms with Gasteiger partial charge >= 0.3 is 10.0 Å². The molecular weight excluding hydrogens is 136 g/mol. The fourth-order valence-corrected chi connectivity index (χ4v) is 0.984. The maximum Gasteiger partial charge on any atom is 0.369 e. The highest BCUT2D eigenvalue weighted by atomic mass is 28.3. The highest BCUT2D eigenvalue weighted by Gasteiger charge is 1.90. The summed E-state index contributed by atoms with van der Waals surface area (Å²) in [7, 11) is -0.997. The molecule has 0 unspecified atom stereocenters. The molecular formula is C5H12O3Si. The summed E-state index contributed by atoms with van der Waals surface area (Å²) in [5.74, 6) is -0.238. The second kappa shape index (κ2) is 5.78. The number of rotatable bonds is 4. The molecule has 0 radical (unpaired) electrons. The SMILES string of the molecule is CCCO[SiH2]OC(C)=O. The van der Waals surface area contributed by atoms with Crippen LogP contribution in [-0.2, 0) is 13.6 Å². The van der Waals surface area contributed by atoms with Gasteiger partial charge in [0.05, 0.1) is 0 Å². The van der Waals surface area contributed by atoms with Crippen LogP contribution in [0.15, 0.2) is 0 Å². The van der Waals surface area contributed by atoms with Gasteiger partial charge in [0.25, 0.3) is 5.97 Å². The minimum atomic E-state index is -0.997. The summed E-state index contributed by atoms with van der Waals surface area (Å²) in [6.45, 7) is 4.12. The van der Waals surface area contributed by atoms with E-state index < -0.39 is 10.0 Å². The van der Waals surface area contributed by atoms with Crippen molar-refractivity contribution in [3.63, 3.8) is 0 Å². The van der Waals surface area contributed by atoms with E-state index in [1.54, 1.807) is 0 Å². The zero-order chi connectivity index (χ0) is 7.11. The van der Waals surface area contributed by atoms with Gasteiger partial charge in [0, 0.05) is 13.5 Å². The van der Waals surface area contributed by atoms with Crippen molar-refractivity contribution in [3.05, 3.63) is 0 Å². The highest BCUT2D eigenvalue weighted by Crippen LogP contribution is 1.79. The van der Waals surface area contributed by atoms with Crippen molar-refractivity contribution < 1.29 is 13.6 Å². The van der Waals surface area contributed by atoms with Gasteiger partial charge in [0.15, 0.2) is 0 Å². The standard InChI is InChI=1S/C5H12O3Si/c1-3-4-7-9-8-5(2)6/h3-4,9H2,1-2H3. The Labute approximate surface area is 57.4 Å². The Morgan fingerprint density at radius 1 is 1.67 bits per heavy atom. The molecule has 0 aromatic rings. The van der Waals surface area contributed by atoms with E-state index in [-0.39, 0.29) is 5.97 Å². The summed E-state index contributed by atoms with van der Waals surface area (Å²) in [6, 6.07) is 0. The van der Waals surface area contributed by atoms with Gasteiger partial charge in [-0.1, -0.05) is 6.92 Å². The molecule has 0 aliphatic carbocycles. The number of carbonyl (C=O) groups is 1. The Morgan fingerprint density at radius 2 is 2.33 bits per heavy atom. The molecule has 0 aliphatic heterocycles. The van der Waals surface area contributed by atoms with Crippen molar-refractivity contribution in [2.24, 2.45) is 0 Å². The van der Waals surface area contributed by atoms with Crippen molar-refractivity contribution in [1.29, 1.82) is 0 Å².